The smallest absolute Gasteiger partial charge is 0.253 e. The van der Waals surface area contributed by atoms with Crippen LogP contribution in [0.25, 0.3) is 5.69 Å². The summed E-state index contributed by atoms with van der Waals surface area (Å²) in [6, 6.07) is 10.1. The molecule has 2 aromatic heterocycles. The molecule has 5 heteroatoms. The average Bonchev–Trinajstić information content (AvgIpc) is 3.11. The standard InChI is InChI=1S/C19H22N4O/c1-13-5-8-18(23-14(2)6-7-15(23)3)17(9-13)19(24)20-10-16-11-21-22(4)12-16/h5-9,11-12H,10H2,1-4H3,(H,20,24). The molecule has 0 spiro atoms. The molecule has 1 N–H and O–H groups in total. The van der Waals surface area contributed by atoms with E-state index in [0.717, 1.165) is 28.2 Å². The molecule has 1 amide bonds. The highest BCUT2D eigenvalue weighted by atomic mass is 16.1. The van der Waals surface area contributed by atoms with Crippen molar-refractivity contribution < 1.29 is 4.79 Å². The maximum absolute atomic E-state index is 12.8. The van der Waals surface area contributed by atoms with Crippen molar-refractivity contribution in [2.24, 2.45) is 7.05 Å². The quantitative estimate of drug-likeness (QED) is 0.802. The van der Waals surface area contributed by atoms with Crippen LogP contribution in [0.15, 0.2) is 42.7 Å². The van der Waals surface area contributed by atoms with Gasteiger partial charge in [0.15, 0.2) is 0 Å². The lowest BCUT2D eigenvalue weighted by Gasteiger charge is -2.15. The molecule has 3 rings (SSSR count). The fourth-order valence-corrected chi connectivity index (χ4v) is 2.92. The van der Waals surface area contributed by atoms with Gasteiger partial charge in [0.05, 0.1) is 17.4 Å². The van der Waals surface area contributed by atoms with Crippen molar-refractivity contribution in [2.75, 3.05) is 0 Å². The summed E-state index contributed by atoms with van der Waals surface area (Å²) in [6.07, 6.45) is 3.66. The van der Waals surface area contributed by atoms with E-state index in [2.05, 4.69) is 27.1 Å². The van der Waals surface area contributed by atoms with Crippen LogP contribution < -0.4 is 5.32 Å². The Hall–Kier alpha value is -2.82. The zero-order valence-electron chi connectivity index (χ0n) is 14.5. The number of benzene rings is 1. The van der Waals surface area contributed by atoms with Crippen LogP contribution in [0, 0.1) is 20.8 Å². The summed E-state index contributed by atoms with van der Waals surface area (Å²) in [5.41, 5.74) is 5.85. The van der Waals surface area contributed by atoms with E-state index in [1.165, 1.54) is 0 Å². The summed E-state index contributed by atoms with van der Waals surface area (Å²) in [5, 5.41) is 7.12. The molecule has 1 aromatic carbocycles. The molecule has 0 aliphatic carbocycles. The van der Waals surface area contributed by atoms with Crippen LogP contribution in [-0.4, -0.2) is 20.3 Å². The zero-order chi connectivity index (χ0) is 17.3. The Labute approximate surface area is 141 Å². The second-order valence-electron chi connectivity index (χ2n) is 6.18. The second-order valence-corrected chi connectivity index (χ2v) is 6.18. The largest absolute Gasteiger partial charge is 0.348 e. The number of rotatable bonds is 4. The number of carbonyl (C=O) groups is 1. The summed E-state index contributed by atoms with van der Waals surface area (Å²) >= 11 is 0. The van der Waals surface area contributed by atoms with Crippen molar-refractivity contribution in [1.82, 2.24) is 19.7 Å². The Balaban J connectivity index is 1.92. The van der Waals surface area contributed by atoms with Gasteiger partial charge in [-0.2, -0.15) is 5.10 Å². The lowest BCUT2D eigenvalue weighted by atomic mass is 10.1. The molecular weight excluding hydrogens is 300 g/mol. The molecule has 0 saturated heterocycles. The summed E-state index contributed by atoms with van der Waals surface area (Å²) in [5.74, 6) is -0.0787. The summed E-state index contributed by atoms with van der Waals surface area (Å²) in [4.78, 5) is 12.8. The van der Waals surface area contributed by atoms with Gasteiger partial charge in [-0.25, -0.2) is 0 Å². The molecule has 0 aliphatic rings. The Morgan fingerprint density at radius 1 is 1.12 bits per heavy atom. The van der Waals surface area contributed by atoms with E-state index in [4.69, 9.17) is 0 Å². The van der Waals surface area contributed by atoms with Crippen LogP contribution in [0.2, 0.25) is 0 Å². The van der Waals surface area contributed by atoms with Crippen LogP contribution in [-0.2, 0) is 13.6 Å². The summed E-state index contributed by atoms with van der Waals surface area (Å²) in [6.45, 7) is 6.55. The van der Waals surface area contributed by atoms with Crippen molar-refractivity contribution in [1.29, 1.82) is 0 Å². The first kappa shape index (κ1) is 16.1. The van der Waals surface area contributed by atoms with Crippen LogP contribution in [0.4, 0.5) is 0 Å². The number of hydrogen-bond acceptors (Lipinski definition) is 2. The van der Waals surface area contributed by atoms with Crippen molar-refractivity contribution in [3.8, 4) is 5.69 Å². The first-order valence-corrected chi connectivity index (χ1v) is 7.97. The summed E-state index contributed by atoms with van der Waals surface area (Å²) in [7, 11) is 1.86. The fraction of sp³-hybridized carbons (Fsp3) is 0.263. The van der Waals surface area contributed by atoms with E-state index in [9.17, 15) is 4.79 Å². The molecule has 0 unspecified atom stereocenters. The lowest BCUT2D eigenvalue weighted by Crippen LogP contribution is -2.24. The Morgan fingerprint density at radius 3 is 2.46 bits per heavy atom. The Morgan fingerprint density at radius 2 is 1.83 bits per heavy atom. The topological polar surface area (TPSA) is 51.9 Å². The lowest BCUT2D eigenvalue weighted by molar-refractivity contribution is 0.0951. The molecule has 0 aliphatic heterocycles. The van der Waals surface area contributed by atoms with Gasteiger partial charge < -0.3 is 9.88 Å². The van der Waals surface area contributed by atoms with E-state index in [-0.39, 0.29) is 5.91 Å². The van der Waals surface area contributed by atoms with E-state index in [1.807, 2.05) is 52.2 Å². The van der Waals surface area contributed by atoms with E-state index >= 15 is 0 Å². The number of carbonyl (C=O) groups excluding carboxylic acids is 1. The third kappa shape index (κ3) is 3.11. The third-order valence-electron chi connectivity index (χ3n) is 4.12. The minimum atomic E-state index is -0.0787. The van der Waals surface area contributed by atoms with Gasteiger partial charge >= 0.3 is 0 Å². The number of nitrogens with one attached hydrogen (secondary N) is 1. The second kappa shape index (κ2) is 6.35. The number of hydrogen-bond donors (Lipinski definition) is 1. The molecule has 0 saturated carbocycles. The number of nitrogens with zero attached hydrogens (tertiary/aromatic N) is 3. The minimum Gasteiger partial charge on any atom is -0.348 e. The van der Waals surface area contributed by atoms with Gasteiger partial charge in [0.25, 0.3) is 5.91 Å². The highest BCUT2D eigenvalue weighted by molar-refractivity contribution is 5.98. The van der Waals surface area contributed by atoms with Gasteiger partial charge in [0.2, 0.25) is 0 Å². The molecule has 0 bridgehead atoms. The van der Waals surface area contributed by atoms with Gasteiger partial charge in [-0.3, -0.25) is 9.48 Å². The maximum atomic E-state index is 12.8. The van der Waals surface area contributed by atoms with Gasteiger partial charge in [-0.05, 0) is 45.0 Å². The van der Waals surface area contributed by atoms with Crippen molar-refractivity contribution >= 4 is 5.91 Å². The first-order chi connectivity index (χ1) is 11.5. The highest BCUT2D eigenvalue weighted by Crippen LogP contribution is 2.21. The molecule has 0 atom stereocenters. The normalized spacial score (nSPS) is 10.8. The maximum Gasteiger partial charge on any atom is 0.253 e. The third-order valence-corrected chi connectivity index (χ3v) is 4.12. The van der Waals surface area contributed by atoms with Crippen LogP contribution in [0.1, 0.15) is 32.9 Å². The van der Waals surface area contributed by atoms with Crippen molar-refractivity contribution in [3.63, 3.8) is 0 Å². The summed E-state index contributed by atoms with van der Waals surface area (Å²) < 4.78 is 3.84. The Kier molecular flexibility index (Phi) is 4.25. The van der Waals surface area contributed by atoms with Crippen LogP contribution in [0.3, 0.4) is 0 Å². The van der Waals surface area contributed by atoms with Gasteiger partial charge in [-0.1, -0.05) is 11.6 Å². The molecule has 0 radical (unpaired) electrons. The van der Waals surface area contributed by atoms with E-state index in [0.29, 0.717) is 12.1 Å². The molecule has 3 aromatic rings. The minimum absolute atomic E-state index is 0.0787. The zero-order valence-corrected chi connectivity index (χ0v) is 14.5. The number of aryl methyl sites for hydroxylation is 4. The van der Waals surface area contributed by atoms with Gasteiger partial charge in [0, 0.05) is 36.7 Å². The molecule has 2 heterocycles. The monoisotopic (exact) mass is 322 g/mol. The first-order valence-electron chi connectivity index (χ1n) is 7.97. The average molecular weight is 322 g/mol. The number of aromatic nitrogens is 3. The number of amides is 1. The molecule has 24 heavy (non-hydrogen) atoms. The molecule has 5 nitrogen and oxygen atoms in total. The SMILES string of the molecule is Cc1ccc(-n2c(C)ccc2C)c(C(=O)NCc2cnn(C)c2)c1. The molecular formula is C19H22N4O. The highest BCUT2D eigenvalue weighted by Gasteiger charge is 2.15. The molecule has 0 fully saturated rings. The van der Waals surface area contributed by atoms with Gasteiger partial charge in [0.1, 0.15) is 0 Å². The van der Waals surface area contributed by atoms with E-state index in [1.54, 1.807) is 10.9 Å². The van der Waals surface area contributed by atoms with Crippen LogP contribution >= 0.6 is 0 Å². The van der Waals surface area contributed by atoms with E-state index < -0.39 is 0 Å². The fourth-order valence-electron chi connectivity index (χ4n) is 2.92. The van der Waals surface area contributed by atoms with Gasteiger partial charge in [-0.15, -0.1) is 0 Å². The predicted octanol–water partition coefficient (Wildman–Crippen LogP) is 3.07. The Bertz CT molecular complexity index is 869. The predicted molar refractivity (Wildman–Crippen MR) is 94.4 cm³/mol. The van der Waals surface area contributed by atoms with Crippen molar-refractivity contribution in [2.45, 2.75) is 27.3 Å². The molecule has 124 valence electrons. The van der Waals surface area contributed by atoms with Crippen molar-refractivity contribution in [3.05, 3.63) is 70.8 Å². The van der Waals surface area contributed by atoms with Crippen LogP contribution in [0.5, 0.6) is 0 Å².